The standard InChI is InChI=1S/C13H24N2O3/c1-10(11(16)17)6-5-8-14-12(18)13(2)7-3-4-9-15-13/h10,15H,3-9H2,1-2H3,(H,14,18)(H,16,17). The Morgan fingerprint density at radius 1 is 1.44 bits per heavy atom. The monoisotopic (exact) mass is 256 g/mol. The van der Waals surface area contributed by atoms with Crippen LogP contribution in [0.4, 0.5) is 0 Å². The van der Waals surface area contributed by atoms with E-state index in [0.29, 0.717) is 19.4 Å². The zero-order valence-corrected chi connectivity index (χ0v) is 11.3. The van der Waals surface area contributed by atoms with Crippen LogP contribution < -0.4 is 10.6 Å². The molecule has 2 unspecified atom stereocenters. The van der Waals surface area contributed by atoms with E-state index in [2.05, 4.69) is 10.6 Å². The second-order valence-electron chi connectivity index (χ2n) is 5.35. The largest absolute Gasteiger partial charge is 0.481 e. The summed E-state index contributed by atoms with van der Waals surface area (Å²) in [6, 6.07) is 0. The molecule has 0 aromatic rings. The third kappa shape index (κ3) is 4.29. The third-order valence-electron chi connectivity index (χ3n) is 3.64. The van der Waals surface area contributed by atoms with Gasteiger partial charge < -0.3 is 15.7 Å². The predicted molar refractivity (Wildman–Crippen MR) is 69.3 cm³/mol. The fourth-order valence-electron chi connectivity index (χ4n) is 2.18. The first-order valence-electron chi connectivity index (χ1n) is 6.72. The van der Waals surface area contributed by atoms with Crippen molar-refractivity contribution in [3.05, 3.63) is 0 Å². The smallest absolute Gasteiger partial charge is 0.306 e. The molecule has 3 N–H and O–H groups in total. The van der Waals surface area contributed by atoms with Crippen LogP contribution in [0.5, 0.6) is 0 Å². The van der Waals surface area contributed by atoms with Gasteiger partial charge in [-0.2, -0.15) is 0 Å². The van der Waals surface area contributed by atoms with Crippen molar-refractivity contribution in [3.63, 3.8) is 0 Å². The molecule has 0 aliphatic carbocycles. The Labute approximate surface area is 108 Å². The summed E-state index contributed by atoms with van der Waals surface area (Å²) in [5, 5.41) is 14.9. The van der Waals surface area contributed by atoms with Crippen molar-refractivity contribution in [2.45, 2.75) is 51.5 Å². The average molecular weight is 256 g/mol. The lowest BCUT2D eigenvalue weighted by Crippen LogP contribution is -2.57. The van der Waals surface area contributed by atoms with E-state index in [9.17, 15) is 9.59 Å². The summed E-state index contributed by atoms with van der Waals surface area (Å²) >= 11 is 0. The Morgan fingerprint density at radius 3 is 2.72 bits per heavy atom. The maximum absolute atomic E-state index is 12.0. The van der Waals surface area contributed by atoms with E-state index in [1.54, 1.807) is 6.92 Å². The molecule has 1 aliphatic heterocycles. The van der Waals surface area contributed by atoms with E-state index in [1.807, 2.05) is 6.92 Å². The van der Waals surface area contributed by atoms with Crippen LogP contribution in [0.1, 0.15) is 46.0 Å². The second kappa shape index (κ2) is 6.73. The number of nitrogens with one attached hydrogen (secondary N) is 2. The van der Waals surface area contributed by atoms with Crippen LogP contribution in [0.25, 0.3) is 0 Å². The number of hydrogen-bond acceptors (Lipinski definition) is 3. The molecule has 0 saturated carbocycles. The van der Waals surface area contributed by atoms with Crippen LogP contribution >= 0.6 is 0 Å². The maximum Gasteiger partial charge on any atom is 0.306 e. The predicted octanol–water partition coefficient (Wildman–Crippen LogP) is 1.14. The molecular weight excluding hydrogens is 232 g/mol. The normalized spacial score (nSPS) is 25.4. The van der Waals surface area contributed by atoms with Gasteiger partial charge in [0, 0.05) is 6.54 Å². The minimum atomic E-state index is -0.776. The molecule has 5 heteroatoms. The lowest BCUT2D eigenvalue weighted by molar-refractivity contribution is -0.141. The summed E-state index contributed by atoms with van der Waals surface area (Å²) in [5.74, 6) is -1.09. The first kappa shape index (κ1) is 15.0. The molecule has 1 saturated heterocycles. The molecule has 1 heterocycles. The third-order valence-corrected chi connectivity index (χ3v) is 3.64. The molecular formula is C13H24N2O3. The Balaban J connectivity index is 2.22. The number of hydrogen-bond donors (Lipinski definition) is 3. The summed E-state index contributed by atoms with van der Waals surface area (Å²) in [6.45, 7) is 5.06. The number of aliphatic carboxylic acids is 1. The molecule has 104 valence electrons. The van der Waals surface area contributed by atoms with Crippen molar-refractivity contribution in [2.75, 3.05) is 13.1 Å². The molecule has 5 nitrogen and oxygen atoms in total. The fourth-order valence-corrected chi connectivity index (χ4v) is 2.18. The molecule has 0 radical (unpaired) electrons. The van der Waals surface area contributed by atoms with Crippen LogP contribution in [0.15, 0.2) is 0 Å². The molecule has 1 rings (SSSR count). The topological polar surface area (TPSA) is 78.4 Å². The van der Waals surface area contributed by atoms with Gasteiger partial charge in [-0.25, -0.2) is 0 Å². The minimum Gasteiger partial charge on any atom is -0.481 e. The van der Waals surface area contributed by atoms with Gasteiger partial charge in [0.2, 0.25) is 5.91 Å². The molecule has 1 aliphatic rings. The number of carboxylic acids is 1. The van der Waals surface area contributed by atoms with Crippen LogP contribution in [0.3, 0.4) is 0 Å². The highest BCUT2D eigenvalue weighted by molar-refractivity contribution is 5.85. The van der Waals surface area contributed by atoms with E-state index in [4.69, 9.17) is 5.11 Å². The van der Waals surface area contributed by atoms with Crippen LogP contribution in [-0.2, 0) is 9.59 Å². The van der Waals surface area contributed by atoms with Crippen molar-refractivity contribution in [2.24, 2.45) is 5.92 Å². The second-order valence-corrected chi connectivity index (χ2v) is 5.35. The van der Waals surface area contributed by atoms with Crippen molar-refractivity contribution in [3.8, 4) is 0 Å². The van der Waals surface area contributed by atoms with E-state index < -0.39 is 11.5 Å². The Kier molecular flexibility index (Phi) is 5.59. The molecule has 0 aromatic heterocycles. The summed E-state index contributed by atoms with van der Waals surface area (Å²) in [7, 11) is 0. The van der Waals surface area contributed by atoms with E-state index in [-0.39, 0.29) is 11.8 Å². The van der Waals surface area contributed by atoms with Crippen molar-refractivity contribution in [1.82, 2.24) is 10.6 Å². The van der Waals surface area contributed by atoms with Gasteiger partial charge in [-0.3, -0.25) is 9.59 Å². The highest BCUT2D eigenvalue weighted by Gasteiger charge is 2.33. The summed E-state index contributed by atoms with van der Waals surface area (Å²) in [5.41, 5.74) is -0.448. The van der Waals surface area contributed by atoms with Gasteiger partial charge in [0.05, 0.1) is 11.5 Å². The maximum atomic E-state index is 12.0. The van der Waals surface area contributed by atoms with Crippen LogP contribution in [0.2, 0.25) is 0 Å². The van der Waals surface area contributed by atoms with Gasteiger partial charge in [0.1, 0.15) is 0 Å². The van der Waals surface area contributed by atoms with Crippen LogP contribution in [-0.4, -0.2) is 35.6 Å². The number of carbonyl (C=O) groups is 2. The van der Waals surface area contributed by atoms with Crippen molar-refractivity contribution in [1.29, 1.82) is 0 Å². The minimum absolute atomic E-state index is 0.0326. The lowest BCUT2D eigenvalue weighted by Gasteiger charge is -2.33. The number of amides is 1. The Hall–Kier alpha value is -1.10. The zero-order valence-electron chi connectivity index (χ0n) is 11.3. The van der Waals surface area contributed by atoms with Crippen molar-refractivity contribution < 1.29 is 14.7 Å². The molecule has 2 atom stereocenters. The SMILES string of the molecule is CC(CCCNC(=O)C1(C)CCCCN1)C(=O)O. The molecule has 18 heavy (non-hydrogen) atoms. The van der Waals surface area contributed by atoms with Crippen LogP contribution in [0, 0.1) is 5.92 Å². The van der Waals surface area contributed by atoms with Gasteiger partial charge in [-0.15, -0.1) is 0 Å². The quantitative estimate of drug-likeness (QED) is 0.623. The van der Waals surface area contributed by atoms with E-state index in [0.717, 1.165) is 25.8 Å². The first-order chi connectivity index (χ1) is 8.46. The van der Waals surface area contributed by atoms with Crippen molar-refractivity contribution >= 4 is 11.9 Å². The number of piperidine rings is 1. The lowest BCUT2D eigenvalue weighted by atomic mass is 9.90. The zero-order chi connectivity index (χ0) is 13.6. The highest BCUT2D eigenvalue weighted by Crippen LogP contribution is 2.18. The van der Waals surface area contributed by atoms with Gasteiger partial charge in [-0.05, 0) is 45.6 Å². The summed E-state index contributed by atoms with van der Waals surface area (Å²) in [6.07, 6.45) is 4.37. The average Bonchev–Trinajstić information content (AvgIpc) is 2.34. The molecule has 0 aromatic carbocycles. The highest BCUT2D eigenvalue weighted by atomic mass is 16.4. The van der Waals surface area contributed by atoms with Gasteiger partial charge >= 0.3 is 5.97 Å². The number of carboxylic acid groups (broad SMARTS) is 1. The fraction of sp³-hybridized carbons (Fsp3) is 0.846. The van der Waals surface area contributed by atoms with E-state index >= 15 is 0 Å². The molecule has 0 bridgehead atoms. The number of rotatable bonds is 6. The van der Waals surface area contributed by atoms with Gasteiger partial charge in [0.15, 0.2) is 0 Å². The molecule has 0 spiro atoms. The Morgan fingerprint density at radius 2 is 2.17 bits per heavy atom. The summed E-state index contributed by atoms with van der Waals surface area (Å²) < 4.78 is 0. The first-order valence-corrected chi connectivity index (χ1v) is 6.72. The Bertz CT molecular complexity index is 299. The number of carbonyl (C=O) groups excluding carboxylic acids is 1. The van der Waals surface area contributed by atoms with Gasteiger partial charge in [0.25, 0.3) is 0 Å². The summed E-state index contributed by atoms with van der Waals surface area (Å²) in [4.78, 5) is 22.6. The van der Waals surface area contributed by atoms with E-state index in [1.165, 1.54) is 0 Å². The molecule has 1 amide bonds. The molecule has 1 fully saturated rings. The van der Waals surface area contributed by atoms with Gasteiger partial charge in [-0.1, -0.05) is 6.92 Å².